The Morgan fingerprint density at radius 1 is 0.941 bits per heavy atom. The van der Waals surface area contributed by atoms with Crippen LogP contribution >= 0.6 is 0 Å². The molecule has 0 amide bonds. The van der Waals surface area contributed by atoms with Gasteiger partial charge in [-0.3, -0.25) is 0 Å². The van der Waals surface area contributed by atoms with Crippen LogP contribution in [-0.4, -0.2) is 50.9 Å². The molecule has 0 saturated carbocycles. The number of methoxy groups -OCH3 is 1. The van der Waals surface area contributed by atoms with Crippen molar-refractivity contribution in [1.29, 1.82) is 0 Å². The zero-order valence-corrected chi connectivity index (χ0v) is 19.7. The molecule has 0 spiro atoms. The number of carboxylic acids is 1. The molecule has 0 fully saturated rings. The highest BCUT2D eigenvalue weighted by Gasteiger charge is 2.21. The molecule has 3 aromatic carbocycles. The predicted octanol–water partition coefficient (Wildman–Crippen LogP) is 4.27. The fraction of sp³-hybridized carbons (Fsp3) is 0.259. The minimum Gasteiger partial charge on any atom is -0.493 e. The standard InChI is InChI=1S/C27H30N2O5/c1-29(2)21-12-8-19(9-13-21)16-17-34-22-14-10-20(11-15-22)18-25(26(30)31)28-24-7-5-4-6-23(24)27(32)33-3/h4-15,25,28H,16-18H2,1-3H3,(H,30,31)/t25-/m0/s1. The number of anilines is 2. The van der Waals surface area contributed by atoms with E-state index in [2.05, 4.69) is 34.5 Å². The largest absolute Gasteiger partial charge is 0.493 e. The number of hydrogen-bond donors (Lipinski definition) is 2. The molecular weight excluding hydrogens is 432 g/mol. The number of carbonyl (C=O) groups excluding carboxylic acids is 1. The number of ether oxygens (including phenoxy) is 2. The van der Waals surface area contributed by atoms with Gasteiger partial charge in [-0.2, -0.15) is 0 Å². The molecule has 0 unspecified atom stereocenters. The summed E-state index contributed by atoms with van der Waals surface area (Å²) in [7, 11) is 5.31. The summed E-state index contributed by atoms with van der Waals surface area (Å²) in [6.07, 6.45) is 1.03. The van der Waals surface area contributed by atoms with Gasteiger partial charge in [0, 0.05) is 38.3 Å². The fourth-order valence-electron chi connectivity index (χ4n) is 3.49. The summed E-state index contributed by atoms with van der Waals surface area (Å²) in [6.45, 7) is 0.546. The van der Waals surface area contributed by atoms with E-state index in [9.17, 15) is 14.7 Å². The van der Waals surface area contributed by atoms with Crippen LogP contribution in [0, 0.1) is 0 Å². The molecule has 3 aromatic rings. The summed E-state index contributed by atoms with van der Waals surface area (Å²) in [4.78, 5) is 25.9. The monoisotopic (exact) mass is 462 g/mol. The van der Waals surface area contributed by atoms with Crippen LogP contribution in [0.2, 0.25) is 0 Å². The predicted molar refractivity (Wildman–Crippen MR) is 133 cm³/mol. The molecule has 0 heterocycles. The average Bonchev–Trinajstić information content (AvgIpc) is 2.84. The van der Waals surface area contributed by atoms with Crippen molar-refractivity contribution >= 4 is 23.3 Å². The first-order valence-corrected chi connectivity index (χ1v) is 11.0. The number of aliphatic carboxylic acids is 1. The third-order valence-corrected chi connectivity index (χ3v) is 5.44. The maximum absolute atomic E-state index is 12.0. The number of hydrogen-bond acceptors (Lipinski definition) is 6. The fourth-order valence-corrected chi connectivity index (χ4v) is 3.49. The van der Waals surface area contributed by atoms with Crippen molar-refractivity contribution in [3.05, 3.63) is 89.5 Å². The van der Waals surface area contributed by atoms with Crippen LogP contribution in [0.5, 0.6) is 5.75 Å². The lowest BCUT2D eigenvalue weighted by Crippen LogP contribution is -2.32. The van der Waals surface area contributed by atoms with E-state index in [0.29, 0.717) is 12.3 Å². The van der Waals surface area contributed by atoms with Gasteiger partial charge < -0.3 is 24.8 Å². The minimum atomic E-state index is -1.01. The topological polar surface area (TPSA) is 88.1 Å². The molecule has 0 aliphatic rings. The first-order valence-electron chi connectivity index (χ1n) is 11.0. The maximum Gasteiger partial charge on any atom is 0.339 e. The van der Waals surface area contributed by atoms with Gasteiger partial charge in [-0.05, 0) is 47.5 Å². The van der Waals surface area contributed by atoms with E-state index in [1.807, 2.05) is 38.4 Å². The van der Waals surface area contributed by atoms with Gasteiger partial charge in [-0.15, -0.1) is 0 Å². The van der Waals surface area contributed by atoms with Gasteiger partial charge in [0.1, 0.15) is 11.8 Å². The Kier molecular flexibility index (Phi) is 8.51. The number of esters is 1. The Morgan fingerprint density at radius 3 is 2.21 bits per heavy atom. The van der Waals surface area contributed by atoms with Crippen molar-refractivity contribution in [3.8, 4) is 5.75 Å². The highest BCUT2D eigenvalue weighted by molar-refractivity contribution is 5.96. The SMILES string of the molecule is COC(=O)c1ccccc1N[C@@H](Cc1ccc(OCCc2ccc(N(C)C)cc2)cc1)C(=O)O. The maximum atomic E-state index is 12.0. The number of para-hydroxylation sites is 1. The first kappa shape index (κ1) is 24.6. The van der Waals surface area contributed by atoms with Crippen LogP contribution in [-0.2, 0) is 22.4 Å². The van der Waals surface area contributed by atoms with Gasteiger partial charge in [0.15, 0.2) is 0 Å². The van der Waals surface area contributed by atoms with Gasteiger partial charge >= 0.3 is 11.9 Å². The highest BCUT2D eigenvalue weighted by atomic mass is 16.5. The summed E-state index contributed by atoms with van der Waals surface area (Å²) in [5.74, 6) is -0.813. The number of benzene rings is 3. The van der Waals surface area contributed by atoms with E-state index >= 15 is 0 Å². The van der Waals surface area contributed by atoms with Crippen molar-refractivity contribution < 1.29 is 24.2 Å². The smallest absolute Gasteiger partial charge is 0.339 e. The van der Waals surface area contributed by atoms with Crippen LogP contribution in [0.25, 0.3) is 0 Å². The first-order chi connectivity index (χ1) is 16.4. The number of rotatable bonds is 11. The van der Waals surface area contributed by atoms with Crippen molar-refractivity contribution in [2.45, 2.75) is 18.9 Å². The van der Waals surface area contributed by atoms with Crippen LogP contribution < -0.4 is 15.0 Å². The lowest BCUT2D eigenvalue weighted by molar-refractivity contribution is -0.137. The van der Waals surface area contributed by atoms with Gasteiger partial charge in [0.25, 0.3) is 0 Å². The molecule has 7 nitrogen and oxygen atoms in total. The van der Waals surface area contributed by atoms with Crippen LogP contribution in [0.15, 0.2) is 72.8 Å². The Bertz CT molecular complexity index is 1090. The second-order valence-electron chi connectivity index (χ2n) is 8.08. The molecule has 1 atom stereocenters. The summed E-state index contributed by atoms with van der Waals surface area (Å²) >= 11 is 0. The number of carboxylic acid groups (broad SMARTS) is 1. The number of nitrogens with zero attached hydrogens (tertiary/aromatic N) is 1. The average molecular weight is 463 g/mol. The van der Waals surface area contributed by atoms with E-state index in [1.54, 1.807) is 24.3 Å². The molecule has 0 bridgehead atoms. The van der Waals surface area contributed by atoms with Crippen LogP contribution in [0.3, 0.4) is 0 Å². The van der Waals surface area contributed by atoms with E-state index in [1.165, 1.54) is 12.7 Å². The molecule has 0 saturated heterocycles. The van der Waals surface area contributed by atoms with Crippen molar-refractivity contribution in [2.75, 3.05) is 38.0 Å². The summed E-state index contributed by atoms with van der Waals surface area (Å²) in [5, 5.41) is 12.7. The van der Waals surface area contributed by atoms with Gasteiger partial charge in [0.05, 0.1) is 19.3 Å². The third-order valence-electron chi connectivity index (χ3n) is 5.44. The molecule has 2 N–H and O–H groups in total. The zero-order chi connectivity index (χ0) is 24.5. The summed E-state index contributed by atoms with van der Waals surface area (Å²) in [6, 6.07) is 21.5. The third kappa shape index (κ3) is 6.75. The number of nitrogens with one attached hydrogen (secondary N) is 1. The molecule has 3 rings (SSSR count). The zero-order valence-electron chi connectivity index (χ0n) is 19.7. The second-order valence-corrected chi connectivity index (χ2v) is 8.08. The Labute approximate surface area is 199 Å². The Balaban J connectivity index is 1.57. The lowest BCUT2D eigenvalue weighted by Gasteiger charge is -2.18. The minimum absolute atomic E-state index is 0.239. The van der Waals surface area contributed by atoms with Gasteiger partial charge in [-0.1, -0.05) is 36.4 Å². The van der Waals surface area contributed by atoms with Crippen molar-refractivity contribution in [2.24, 2.45) is 0 Å². The quantitative estimate of drug-likeness (QED) is 0.412. The van der Waals surface area contributed by atoms with E-state index in [0.717, 1.165) is 23.4 Å². The normalized spacial score (nSPS) is 11.4. The van der Waals surface area contributed by atoms with E-state index in [4.69, 9.17) is 9.47 Å². The Hall–Kier alpha value is -4.00. The van der Waals surface area contributed by atoms with Gasteiger partial charge in [0.2, 0.25) is 0 Å². The van der Waals surface area contributed by atoms with Crippen LogP contribution in [0.4, 0.5) is 11.4 Å². The molecule has 0 aliphatic carbocycles. The van der Waals surface area contributed by atoms with Crippen molar-refractivity contribution in [1.82, 2.24) is 0 Å². The van der Waals surface area contributed by atoms with Crippen molar-refractivity contribution in [3.63, 3.8) is 0 Å². The molecule has 0 radical (unpaired) electrons. The molecular formula is C27H30N2O5. The molecule has 34 heavy (non-hydrogen) atoms. The highest BCUT2D eigenvalue weighted by Crippen LogP contribution is 2.20. The summed E-state index contributed by atoms with van der Waals surface area (Å²) in [5.41, 5.74) is 3.90. The van der Waals surface area contributed by atoms with E-state index < -0.39 is 18.0 Å². The molecule has 0 aromatic heterocycles. The molecule has 178 valence electrons. The number of carbonyl (C=O) groups is 2. The summed E-state index contributed by atoms with van der Waals surface area (Å²) < 4.78 is 10.6. The Morgan fingerprint density at radius 2 is 1.59 bits per heavy atom. The molecule has 7 heteroatoms. The van der Waals surface area contributed by atoms with Crippen LogP contribution in [0.1, 0.15) is 21.5 Å². The second kappa shape index (κ2) is 11.7. The lowest BCUT2D eigenvalue weighted by atomic mass is 10.0. The van der Waals surface area contributed by atoms with Gasteiger partial charge in [-0.25, -0.2) is 9.59 Å². The molecule has 0 aliphatic heterocycles. The van der Waals surface area contributed by atoms with E-state index in [-0.39, 0.29) is 12.0 Å².